The zero-order chi connectivity index (χ0) is 15.5. The number of thiophene rings is 1. The Balaban J connectivity index is 2.16. The van der Waals surface area contributed by atoms with Crippen LogP contribution in [0, 0.1) is 5.82 Å². The normalized spacial score (nSPS) is 13.3. The highest BCUT2D eigenvalue weighted by molar-refractivity contribution is 7.91. The number of aliphatic hydroxyl groups excluding tert-OH is 1. The summed E-state index contributed by atoms with van der Waals surface area (Å²) in [5, 5.41) is 8.86. The molecule has 4 nitrogen and oxygen atoms in total. The quantitative estimate of drug-likeness (QED) is 0.855. The van der Waals surface area contributed by atoms with Crippen molar-refractivity contribution < 1.29 is 17.9 Å². The zero-order valence-electron chi connectivity index (χ0n) is 11.4. The lowest BCUT2D eigenvalue weighted by molar-refractivity contribution is 0.300. The third-order valence-corrected chi connectivity index (χ3v) is 6.12. The van der Waals surface area contributed by atoms with Crippen LogP contribution < -0.4 is 4.72 Å². The molecule has 0 amide bonds. The Bertz CT molecular complexity index is 713. The van der Waals surface area contributed by atoms with Gasteiger partial charge >= 0.3 is 0 Å². The van der Waals surface area contributed by atoms with Crippen LogP contribution in [0.15, 0.2) is 40.6 Å². The molecule has 1 atom stereocenters. The van der Waals surface area contributed by atoms with Crippen LogP contribution in [0.5, 0.6) is 0 Å². The Morgan fingerprint density at radius 3 is 2.76 bits per heavy atom. The first kappa shape index (κ1) is 16.1. The Kier molecular flexibility index (Phi) is 5.10. The Morgan fingerprint density at radius 1 is 1.33 bits per heavy atom. The molecule has 2 aromatic rings. The van der Waals surface area contributed by atoms with Gasteiger partial charge in [-0.15, -0.1) is 11.3 Å². The van der Waals surface area contributed by atoms with Gasteiger partial charge in [0, 0.05) is 23.9 Å². The molecular weight excluding hydrogens is 313 g/mol. The van der Waals surface area contributed by atoms with Crippen molar-refractivity contribution in [2.45, 2.75) is 23.6 Å². The monoisotopic (exact) mass is 329 g/mol. The van der Waals surface area contributed by atoms with Crippen molar-refractivity contribution in [2.24, 2.45) is 0 Å². The first-order valence-electron chi connectivity index (χ1n) is 6.40. The van der Waals surface area contributed by atoms with Crippen LogP contribution in [0.25, 0.3) is 0 Å². The molecule has 0 radical (unpaired) electrons. The summed E-state index contributed by atoms with van der Waals surface area (Å²) in [5.41, 5.74) is 0.561. The first-order chi connectivity index (χ1) is 9.92. The van der Waals surface area contributed by atoms with Crippen LogP contribution in [0.1, 0.15) is 23.4 Å². The van der Waals surface area contributed by atoms with Crippen LogP contribution >= 0.6 is 11.3 Å². The molecular formula is C14H16FNO3S2. The van der Waals surface area contributed by atoms with Gasteiger partial charge in [0.05, 0.1) is 0 Å². The summed E-state index contributed by atoms with van der Waals surface area (Å²) in [7, 11) is -3.65. The molecule has 0 aliphatic carbocycles. The van der Waals surface area contributed by atoms with Crippen molar-refractivity contribution in [3.8, 4) is 0 Å². The van der Waals surface area contributed by atoms with Gasteiger partial charge in [-0.2, -0.15) is 0 Å². The standard InChI is InChI=1S/C14H16FNO3S2/c1-10(11-3-2-4-12(15)9-11)16-21(18,19)14-6-5-13(20-14)7-8-17/h2-6,9-10,16-17H,7-8H2,1H3. The van der Waals surface area contributed by atoms with Gasteiger partial charge in [-0.05, 0) is 36.8 Å². The average molecular weight is 329 g/mol. The van der Waals surface area contributed by atoms with Crippen molar-refractivity contribution in [3.05, 3.63) is 52.7 Å². The Morgan fingerprint density at radius 2 is 2.10 bits per heavy atom. The number of aliphatic hydroxyl groups is 1. The SMILES string of the molecule is CC(NS(=O)(=O)c1ccc(CCO)s1)c1cccc(F)c1. The number of nitrogens with one attached hydrogen (secondary N) is 1. The van der Waals surface area contributed by atoms with Gasteiger partial charge in [0.15, 0.2) is 0 Å². The lowest BCUT2D eigenvalue weighted by Crippen LogP contribution is -2.26. The van der Waals surface area contributed by atoms with Gasteiger partial charge in [-0.3, -0.25) is 0 Å². The highest BCUT2D eigenvalue weighted by Crippen LogP contribution is 2.24. The van der Waals surface area contributed by atoms with E-state index in [9.17, 15) is 12.8 Å². The molecule has 0 saturated heterocycles. The Hall–Kier alpha value is -1.28. The molecule has 2 N–H and O–H groups in total. The van der Waals surface area contributed by atoms with Gasteiger partial charge in [-0.25, -0.2) is 17.5 Å². The van der Waals surface area contributed by atoms with E-state index >= 15 is 0 Å². The van der Waals surface area contributed by atoms with E-state index in [1.807, 2.05) is 0 Å². The highest BCUT2D eigenvalue weighted by atomic mass is 32.2. The summed E-state index contributed by atoms with van der Waals surface area (Å²) < 4.78 is 40.4. The second-order valence-electron chi connectivity index (χ2n) is 4.59. The fourth-order valence-electron chi connectivity index (χ4n) is 1.88. The highest BCUT2D eigenvalue weighted by Gasteiger charge is 2.20. The van der Waals surface area contributed by atoms with E-state index in [2.05, 4.69) is 4.72 Å². The van der Waals surface area contributed by atoms with Crippen molar-refractivity contribution in [2.75, 3.05) is 6.61 Å². The van der Waals surface area contributed by atoms with Crippen LogP contribution in [-0.4, -0.2) is 20.1 Å². The minimum absolute atomic E-state index is 0.0207. The van der Waals surface area contributed by atoms with Crippen LogP contribution in [0.3, 0.4) is 0 Å². The average Bonchev–Trinajstić information content (AvgIpc) is 2.88. The van der Waals surface area contributed by atoms with E-state index in [1.165, 1.54) is 18.2 Å². The number of sulfonamides is 1. The first-order valence-corrected chi connectivity index (χ1v) is 8.70. The van der Waals surface area contributed by atoms with Crippen molar-refractivity contribution in [1.82, 2.24) is 4.72 Å². The molecule has 2 rings (SSSR count). The van der Waals surface area contributed by atoms with Crippen molar-refractivity contribution in [1.29, 1.82) is 0 Å². The summed E-state index contributed by atoms with van der Waals surface area (Å²) in [6, 6.07) is 8.48. The third-order valence-electron chi connectivity index (χ3n) is 2.94. The molecule has 1 aromatic heterocycles. The van der Waals surface area contributed by atoms with Crippen LogP contribution in [-0.2, 0) is 16.4 Å². The molecule has 1 unspecified atom stereocenters. The van der Waals surface area contributed by atoms with E-state index in [-0.39, 0.29) is 10.8 Å². The zero-order valence-corrected chi connectivity index (χ0v) is 13.0. The van der Waals surface area contributed by atoms with Crippen LogP contribution in [0.4, 0.5) is 4.39 Å². The topological polar surface area (TPSA) is 66.4 Å². The van der Waals surface area contributed by atoms with Gasteiger partial charge in [0.25, 0.3) is 10.0 Å². The molecule has 0 aliphatic heterocycles. The predicted molar refractivity (Wildman–Crippen MR) is 80.2 cm³/mol. The number of hydrogen-bond acceptors (Lipinski definition) is 4. The third kappa shape index (κ3) is 4.10. The fraction of sp³-hybridized carbons (Fsp3) is 0.286. The van der Waals surface area contributed by atoms with Crippen molar-refractivity contribution >= 4 is 21.4 Å². The smallest absolute Gasteiger partial charge is 0.250 e. The summed E-state index contributed by atoms with van der Waals surface area (Å²) >= 11 is 1.12. The minimum Gasteiger partial charge on any atom is -0.396 e. The second kappa shape index (κ2) is 6.65. The van der Waals surface area contributed by atoms with E-state index in [1.54, 1.807) is 25.1 Å². The summed E-state index contributed by atoms with van der Waals surface area (Å²) in [4.78, 5) is 0.802. The van der Waals surface area contributed by atoms with E-state index in [0.717, 1.165) is 16.2 Å². The number of benzene rings is 1. The van der Waals surface area contributed by atoms with Gasteiger partial charge < -0.3 is 5.11 Å². The molecule has 1 heterocycles. The molecule has 1 aromatic carbocycles. The molecule has 0 aliphatic rings. The number of rotatable bonds is 6. The lowest BCUT2D eigenvalue weighted by atomic mass is 10.1. The number of hydrogen-bond donors (Lipinski definition) is 2. The maximum Gasteiger partial charge on any atom is 0.250 e. The van der Waals surface area contributed by atoms with Crippen molar-refractivity contribution in [3.63, 3.8) is 0 Å². The fourth-order valence-corrected chi connectivity index (χ4v) is 4.48. The molecule has 0 bridgehead atoms. The summed E-state index contributed by atoms with van der Waals surface area (Å²) in [5.74, 6) is -0.403. The van der Waals surface area contributed by atoms with Gasteiger partial charge in [0.1, 0.15) is 10.0 Å². The largest absolute Gasteiger partial charge is 0.396 e. The van der Waals surface area contributed by atoms with Gasteiger partial charge in [-0.1, -0.05) is 12.1 Å². The molecule has 0 fully saturated rings. The molecule has 0 spiro atoms. The summed E-state index contributed by atoms with van der Waals surface area (Å²) in [6.45, 7) is 1.64. The molecule has 0 saturated carbocycles. The number of halogens is 1. The second-order valence-corrected chi connectivity index (χ2v) is 7.70. The maximum absolute atomic E-state index is 13.2. The maximum atomic E-state index is 13.2. The Labute approximate surface area is 127 Å². The van der Waals surface area contributed by atoms with E-state index in [4.69, 9.17) is 5.11 Å². The molecule has 21 heavy (non-hydrogen) atoms. The van der Waals surface area contributed by atoms with E-state index in [0.29, 0.717) is 12.0 Å². The van der Waals surface area contributed by atoms with Crippen LogP contribution in [0.2, 0.25) is 0 Å². The minimum atomic E-state index is -3.65. The predicted octanol–water partition coefficient (Wildman–Crippen LogP) is 2.46. The van der Waals surface area contributed by atoms with Gasteiger partial charge in [0.2, 0.25) is 0 Å². The molecule has 7 heteroatoms. The van der Waals surface area contributed by atoms with E-state index < -0.39 is 21.9 Å². The lowest BCUT2D eigenvalue weighted by Gasteiger charge is -2.13. The summed E-state index contributed by atoms with van der Waals surface area (Å²) in [6.07, 6.45) is 0.430. The molecule has 114 valence electrons.